The second-order valence-corrected chi connectivity index (χ2v) is 9.75. The minimum atomic E-state index is -3.78. The summed E-state index contributed by atoms with van der Waals surface area (Å²) in [5.74, 6) is -0.902. The van der Waals surface area contributed by atoms with Gasteiger partial charge in [-0.15, -0.1) is 11.3 Å². The van der Waals surface area contributed by atoms with Crippen LogP contribution in [0.25, 0.3) is 0 Å². The molecule has 4 rings (SSSR count). The molecule has 7 nitrogen and oxygen atoms in total. The van der Waals surface area contributed by atoms with Gasteiger partial charge in [-0.05, 0) is 55.3 Å². The van der Waals surface area contributed by atoms with Crippen LogP contribution in [0.4, 0.5) is 5.69 Å². The minimum absolute atomic E-state index is 0.00230. The summed E-state index contributed by atoms with van der Waals surface area (Å²) in [5, 5.41) is 0. The summed E-state index contributed by atoms with van der Waals surface area (Å²) in [7, 11) is -3.78. The highest BCUT2D eigenvalue weighted by atomic mass is 32.2. The van der Waals surface area contributed by atoms with E-state index in [9.17, 15) is 18.0 Å². The average Bonchev–Trinajstić information content (AvgIpc) is 3.26. The standard InChI is InChI=1S/C20H17N3O4S2/c1-12-5-3-7-16(13(12)2)22-29(26,27)17-9-8-14(28-17)11-23-19(24)15-6-4-10-21-18(15)20(23)25/h3-10,22H,11H2,1-2H3. The zero-order chi connectivity index (χ0) is 20.8. The SMILES string of the molecule is Cc1cccc(NS(=O)(=O)c2ccc(CN3C(=O)c4cccnc4C3=O)s2)c1C. The number of hydrogen-bond donors (Lipinski definition) is 1. The molecule has 0 aliphatic carbocycles. The van der Waals surface area contributed by atoms with Crippen molar-refractivity contribution in [1.82, 2.24) is 9.88 Å². The quantitative estimate of drug-likeness (QED) is 0.630. The van der Waals surface area contributed by atoms with E-state index in [1.165, 1.54) is 12.3 Å². The van der Waals surface area contributed by atoms with Crippen molar-refractivity contribution in [3.8, 4) is 0 Å². The second-order valence-electron chi connectivity index (χ2n) is 6.67. The van der Waals surface area contributed by atoms with Gasteiger partial charge in [0.15, 0.2) is 0 Å². The molecule has 3 aromatic rings. The molecule has 0 unspecified atom stereocenters. The summed E-state index contributed by atoms with van der Waals surface area (Å²) < 4.78 is 28.3. The van der Waals surface area contributed by atoms with E-state index in [-0.39, 0.29) is 22.0 Å². The molecule has 3 heterocycles. The fourth-order valence-electron chi connectivity index (χ4n) is 3.06. The molecule has 0 radical (unpaired) electrons. The lowest BCUT2D eigenvalue weighted by atomic mass is 10.1. The number of imide groups is 1. The summed E-state index contributed by atoms with van der Waals surface area (Å²) in [6, 6.07) is 11.6. The van der Waals surface area contributed by atoms with Crippen LogP contribution in [0.1, 0.15) is 36.9 Å². The van der Waals surface area contributed by atoms with Gasteiger partial charge < -0.3 is 0 Å². The van der Waals surface area contributed by atoms with Crippen molar-refractivity contribution in [2.75, 3.05) is 4.72 Å². The Balaban J connectivity index is 1.55. The summed E-state index contributed by atoms with van der Waals surface area (Å²) in [6.07, 6.45) is 1.46. The fourth-order valence-corrected chi connectivity index (χ4v) is 5.53. The maximum absolute atomic E-state index is 12.8. The molecular formula is C20H17N3O4S2. The predicted octanol–water partition coefficient (Wildman–Crippen LogP) is 3.36. The van der Waals surface area contributed by atoms with Crippen molar-refractivity contribution < 1.29 is 18.0 Å². The molecule has 1 N–H and O–H groups in total. The Labute approximate surface area is 172 Å². The first-order valence-electron chi connectivity index (χ1n) is 8.77. The number of nitrogens with one attached hydrogen (secondary N) is 1. The highest BCUT2D eigenvalue weighted by molar-refractivity contribution is 7.94. The van der Waals surface area contributed by atoms with E-state index in [4.69, 9.17) is 0 Å². The number of carbonyl (C=O) groups excluding carboxylic acids is 2. The lowest BCUT2D eigenvalue weighted by Crippen LogP contribution is -2.28. The van der Waals surface area contributed by atoms with E-state index in [1.54, 1.807) is 30.3 Å². The minimum Gasteiger partial charge on any atom is -0.279 e. The molecule has 29 heavy (non-hydrogen) atoms. The molecule has 1 aliphatic rings. The van der Waals surface area contributed by atoms with Crippen molar-refractivity contribution in [1.29, 1.82) is 0 Å². The van der Waals surface area contributed by atoms with Gasteiger partial charge in [-0.2, -0.15) is 0 Å². The van der Waals surface area contributed by atoms with Gasteiger partial charge in [0.05, 0.1) is 17.8 Å². The summed E-state index contributed by atoms with van der Waals surface area (Å²) >= 11 is 1.02. The van der Waals surface area contributed by atoms with Crippen LogP contribution < -0.4 is 4.72 Å². The van der Waals surface area contributed by atoms with Crippen molar-refractivity contribution in [3.63, 3.8) is 0 Å². The van der Waals surface area contributed by atoms with Gasteiger partial charge in [0.25, 0.3) is 21.8 Å². The van der Waals surface area contributed by atoms with E-state index in [1.807, 2.05) is 19.9 Å². The molecule has 0 saturated carbocycles. The third-order valence-corrected chi connectivity index (χ3v) is 7.72. The van der Waals surface area contributed by atoms with Crippen LogP contribution in [0.3, 0.4) is 0 Å². The van der Waals surface area contributed by atoms with Crippen LogP contribution in [0.15, 0.2) is 52.9 Å². The van der Waals surface area contributed by atoms with Crippen LogP contribution in [-0.4, -0.2) is 30.1 Å². The molecular weight excluding hydrogens is 410 g/mol. The molecule has 9 heteroatoms. The van der Waals surface area contributed by atoms with Crippen LogP contribution in [0.2, 0.25) is 0 Å². The molecule has 0 saturated heterocycles. The Morgan fingerprint density at radius 3 is 2.59 bits per heavy atom. The summed E-state index contributed by atoms with van der Waals surface area (Å²) in [6.45, 7) is 3.76. The van der Waals surface area contributed by atoms with E-state index in [0.717, 1.165) is 27.4 Å². The van der Waals surface area contributed by atoms with Gasteiger partial charge in [0, 0.05) is 11.1 Å². The number of amides is 2. The second kappa shape index (κ2) is 7.09. The number of aryl methyl sites for hydroxylation is 1. The van der Waals surface area contributed by atoms with Gasteiger partial charge in [0.2, 0.25) is 0 Å². The van der Waals surface area contributed by atoms with Gasteiger partial charge in [0.1, 0.15) is 9.90 Å². The number of carbonyl (C=O) groups is 2. The van der Waals surface area contributed by atoms with Gasteiger partial charge >= 0.3 is 0 Å². The number of aromatic nitrogens is 1. The van der Waals surface area contributed by atoms with Crippen molar-refractivity contribution in [2.24, 2.45) is 0 Å². The van der Waals surface area contributed by atoms with Crippen molar-refractivity contribution >= 4 is 38.9 Å². The molecule has 1 aliphatic heterocycles. The fraction of sp³-hybridized carbons (Fsp3) is 0.150. The van der Waals surface area contributed by atoms with E-state index < -0.39 is 21.8 Å². The largest absolute Gasteiger partial charge is 0.280 e. The lowest BCUT2D eigenvalue weighted by Gasteiger charge is -2.12. The number of sulfonamides is 1. The Hall–Kier alpha value is -3.04. The predicted molar refractivity (Wildman–Crippen MR) is 109 cm³/mol. The molecule has 148 valence electrons. The van der Waals surface area contributed by atoms with Gasteiger partial charge in [-0.25, -0.2) is 8.42 Å². The zero-order valence-corrected chi connectivity index (χ0v) is 17.3. The monoisotopic (exact) mass is 427 g/mol. The molecule has 2 amide bonds. The molecule has 1 aromatic carbocycles. The van der Waals surface area contributed by atoms with E-state index >= 15 is 0 Å². The third-order valence-electron chi connectivity index (χ3n) is 4.80. The molecule has 2 aromatic heterocycles. The highest BCUT2D eigenvalue weighted by Gasteiger charge is 2.36. The number of pyridine rings is 1. The number of fused-ring (bicyclic) bond motifs is 1. The van der Waals surface area contributed by atoms with Crippen LogP contribution in [0, 0.1) is 13.8 Å². The number of nitrogens with zero attached hydrogens (tertiary/aromatic N) is 2. The van der Waals surface area contributed by atoms with Crippen molar-refractivity contribution in [3.05, 3.63) is 75.9 Å². The first-order chi connectivity index (χ1) is 13.8. The topological polar surface area (TPSA) is 96.4 Å². The highest BCUT2D eigenvalue weighted by Crippen LogP contribution is 2.29. The number of hydrogen-bond acceptors (Lipinski definition) is 6. The Morgan fingerprint density at radius 2 is 1.83 bits per heavy atom. The number of thiophene rings is 1. The van der Waals surface area contributed by atoms with E-state index in [0.29, 0.717) is 10.6 Å². The molecule has 0 spiro atoms. The Morgan fingerprint density at radius 1 is 1.03 bits per heavy atom. The average molecular weight is 428 g/mol. The van der Waals surface area contributed by atoms with Crippen LogP contribution >= 0.6 is 11.3 Å². The first kappa shape index (κ1) is 19.3. The maximum Gasteiger partial charge on any atom is 0.280 e. The Bertz CT molecular complexity index is 1210. The van der Waals surface area contributed by atoms with Crippen LogP contribution in [-0.2, 0) is 16.6 Å². The van der Waals surface area contributed by atoms with E-state index in [2.05, 4.69) is 9.71 Å². The number of benzene rings is 1. The van der Waals surface area contributed by atoms with Crippen molar-refractivity contribution in [2.45, 2.75) is 24.6 Å². The molecule has 0 atom stereocenters. The first-order valence-corrected chi connectivity index (χ1v) is 11.1. The number of anilines is 1. The molecule has 0 bridgehead atoms. The number of rotatable bonds is 5. The smallest absolute Gasteiger partial charge is 0.279 e. The normalized spacial score (nSPS) is 13.7. The van der Waals surface area contributed by atoms with Gasteiger partial charge in [-0.1, -0.05) is 12.1 Å². The lowest BCUT2D eigenvalue weighted by molar-refractivity contribution is 0.0642. The molecule has 0 fully saturated rings. The third kappa shape index (κ3) is 3.43. The van der Waals surface area contributed by atoms with Gasteiger partial charge in [-0.3, -0.25) is 24.2 Å². The van der Waals surface area contributed by atoms with Crippen LogP contribution in [0.5, 0.6) is 0 Å². The zero-order valence-electron chi connectivity index (χ0n) is 15.7. The maximum atomic E-state index is 12.8. The Kier molecular flexibility index (Phi) is 4.71. The summed E-state index contributed by atoms with van der Waals surface area (Å²) in [5.41, 5.74) is 2.74. The summed E-state index contributed by atoms with van der Waals surface area (Å²) in [4.78, 5) is 30.5.